The highest BCUT2D eigenvalue weighted by molar-refractivity contribution is 9.11. The van der Waals surface area contributed by atoms with E-state index in [1.807, 2.05) is 0 Å². The topological polar surface area (TPSA) is 16.1 Å². The zero-order valence-electron chi connectivity index (χ0n) is 9.34. The molecule has 1 aliphatic heterocycles. The average Bonchev–Trinajstić information content (AvgIpc) is 2.28. The minimum Gasteiger partial charge on any atom is -0.355 e. The minimum absolute atomic E-state index is 0.0171. The van der Waals surface area contributed by atoms with Crippen LogP contribution < -0.4 is 4.90 Å². The van der Waals surface area contributed by atoms with Gasteiger partial charge in [-0.15, -0.1) is 0 Å². The summed E-state index contributed by atoms with van der Waals surface area (Å²) in [4.78, 5) is 5.88. The first-order valence-electron chi connectivity index (χ1n) is 5.50. The standard InChI is InChI=1S/C11H11Br2F3N2/c12-8-4-9(13)10(17-5-8)18-3-1-2-7(6-18)11(14,15)16/h4-5,7H,1-3,6H2. The predicted octanol–water partition coefficient (Wildman–Crippen LogP) is 4.39. The number of piperidine rings is 1. The van der Waals surface area contributed by atoms with Crippen molar-refractivity contribution in [1.82, 2.24) is 4.98 Å². The molecule has 2 heterocycles. The first-order valence-corrected chi connectivity index (χ1v) is 7.09. The summed E-state index contributed by atoms with van der Waals surface area (Å²) in [5.41, 5.74) is 0. The van der Waals surface area contributed by atoms with Crippen LogP contribution in [0.25, 0.3) is 0 Å². The van der Waals surface area contributed by atoms with Gasteiger partial charge in [0.1, 0.15) is 5.82 Å². The van der Waals surface area contributed by atoms with Crippen LogP contribution in [0.1, 0.15) is 12.8 Å². The van der Waals surface area contributed by atoms with Crippen molar-refractivity contribution in [1.29, 1.82) is 0 Å². The van der Waals surface area contributed by atoms with Crippen molar-refractivity contribution in [3.05, 3.63) is 21.2 Å². The molecule has 1 unspecified atom stereocenters. The van der Waals surface area contributed by atoms with Crippen LogP contribution >= 0.6 is 31.9 Å². The number of hydrogen-bond acceptors (Lipinski definition) is 2. The molecule has 18 heavy (non-hydrogen) atoms. The van der Waals surface area contributed by atoms with Gasteiger partial charge in [0.15, 0.2) is 0 Å². The number of nitrogens with zero attached hydrogens (tertiary/aromatic N) is 2. The highest BCUT2D eigenvalue weighted by atomic mass is 79.9. The number of aromatic nitrogens is 1. The Morgan fingerprint density at radius 1 is 1.33 bits per heavy atom. The molecule has 100 valence electrons. The lowest BCUT2D eigenvalue weighted by Crippen LogP contribution is -2.42. The van der Waals surface area contributed by atoms with E-state index < -0.39 is 12.1 Å². The van der Waals surface area contributed by atoms with Crippen LogP contribution in [0, 0.1) is 5.92 Å². The van der Waals surface area contributed by atoms with E-state index in [1.54, 1.807) is 17.2 Å². The van der Waals surface area contributed by atoms with Crippen molar-refractivity contribution in [3.8, 4) is 0 Å². The van der Waals surface area contributed by atoms with Gasteiger partial charge in [-0.05, 0) is 50.8 Å². The molecule has 0 saturated carbocycles. The van der Waals surface area contributed by atoms with Crippen LogP contribution in [0.5, 0.6) is 0 Å². The zero-order valence-corrected chi connectivity index (χ0v) is 12.5. The highest BCUT2D eigenvalue weighted by Gasteiger charge is 2.42. The zero-order chi connectivity index (χ0) is 13.3. The summed E-state index contributed by atoms with van der Waals surface area (Å²) in [6, 6.07) is 1.79. The number of anilines is 1. The largest absolute Gasteiger partial charge is 0.393 e. The van der Waals surface area contributed by atoms with Gasteiger partial charge >= 0.3 is 6.18 Å². The molecule has 1 aliphatic rings. The fourth-order valence-electron chi connectivity index (χ4n) is 2.08. The van der Waals surface area contributed by atoms with Crippen molar-refractivity contribution in [2.24, 2.45) is 5.92 Å². The van der Waals surface area contributed by atoms with E-state index in [-0.39, 0.29) is 13.0 Å². The summed E-state index contributed by atoms with van der Waals surface area (Å²) in [5.74, 6) is -0.684. The molecule has 0 radical (unpaired) electrons. The summed E-state index contributed by atoms with van der Waals surface area (Å²) in [6.45, 7) is 0.594. The minimum atomic E-state index is -4.12. The number of pyridine rings is 1. The lowest BCUT2D eigenvalue weighted by atomic mass is 9.97. The predicted molar refractivity (Wildman–Crippen MR) is 70.6 cm³/mol. The lowest BCUT2D eigenvalue weighted by molar-refractivity contribution is -0.176. The van der Waals surface area contributed by atoms with E-state index in [2.05, 4.69) is 36.8 Å². The van der Waals surface area contributed by atoms with Crippen LogP contribution in [0.4, 0.5) is 19.0 Å². The number of hydrogen-bond donors (Lipinski definition) is 0. The van der Waals surface area contributed by atoms with Crippen molar-refractivity contribution in [2.75, 3.05) is 18.0 Å². The van der Waals surface area contributed by atoms with E-state index in [4.69, 9.17) is 0 Å². The quantitative estimate of drug-likeness (QED) is 0.710. The number of rotatable bonds is 1. The molecule has 1 fully saturated rings. The molecular weight excluding hydrogens is 377 g/mol. The van der Waals surface area contributed by atoms with Gasteiger partial charge in [0.25, 0.3) is 0 Å². The Morgan fingerprint density at radius 3 is 2.67 bits per heavy atom. The molecular formula is C11H11Br2F3N2. The van der Waals surface area contributed by atoms with Crippen LogP contribution in [-0.2, 0) is 0 Å². The summed E-state index contributed by atoms with van der Waals surface area (Å²) in [7, 11) is 0. The molecule has 0 N–H and O–H groups in total. The average molecular weight is 388 g/mol. The molecule has 0 aromatic carbocycles. The Bertz CT molecular complexity index is 437. The molecule has 1 aromatic rings. The van der Waals surface area contributed by atoms with Gasteiger partial charge in [-0.2, -0.15) is 13.2 Å². The van der Waals surface area contributed by atoms with Crippen LogP contribution in [-0.4, -0.2) is 24.2 Å². The molecule has 0 amide bonds. The third-order valence-corrected chi connectivity index (χ3v) is 3.99. The Hall–Kier alpha value is -0.300. The summed E-state index contributed by atoms with van der Waals surface area (Å²) in [5, 5.41) is 0. The second-order valence-electron chi connectivity index (χ2n) is 4.29. The molecule has 0 spiro atoms. The second kappa shape index (κ2) is 5.36. The van der Waals surface area contributed by atoms with Crippen molar-refractivity contribution >= 4 is 37.7 Å². The maximum absolute atomic E-state index is 12.7. The molecule has 0 bridgehead atoms. The first kappa shape index (κ1) is 14.1. The van der Waals surface area contributed by atoms with Gasteiger partial charge in [0.05, 0.1) is 10.4 Å². The van der Waals surface area contributed by atoms with E-state index in [9.17, 15) is 13.2 Å². The summed E-state index contributed by atoms with van der Waals surface area (Å²) < 4.78 is 39.7. The van der Waals surface area contributed by atoms with E-state index in [0.29, 0.717) is 23.3 Å². The van der Waals surface area contributed by atoms with E-state index >= 15 is 0 Å². The number of alkyl halides is 3. The molecule has 7 heteroatoms. The van der Waals surface area contributed by atoms with Crippen molar-refractivity contribution in [2.45, 2.75) is 19.0 Å². The van der Waals surface area contributed by atoms with Crippen LogP contribution in [0.2, 0.25) is 0 Å². The summed E-state index contributed by atoms with van der Waals surface area (Å²) >= 11 is 6.61. The first-order chi connectivity index (χ1) is 8.38. The van der Waals surface area contributed by atoms with E-state index in [1.165, 1.54) is 0 Å². The molecule has 0 aliphatic carbocycles. The van der Waals surface area contributed by atoms with Crippen LogP contribution in [0.15, 0.2) is 21.2 Å². The van der Waals surface area contributed by atoms with Gasteiger partial charge in [-0.3, -0.25) is 0 Å². The SMILES string of the molecule is FC(F)(F)C1CCCN(c2ncc(Br)cc2Br)C1. The van der Waals surface area contributed by atoms with E-state index in [0.717, 1.165) is 4.47 Å². The molecule has 2 nitrogen and oxygen atoms in total. The maximum atomic E-state index is 12.7. The fourth-order valence-corrected chi connectivity index (χ4v) is 3.32. The molecule has 1 saturated heterocycles. The monoisotopic (exact) mass is 386 g/mol. The number of halogens is 5. The molecule has 2 rings (SSSR count). The lowest BCUT2D eigenvalue weighted by Gasteiger charge is -2.34. The molecule has 1 atom stereocenters. The van der Waals surface area contributed by atoms with Crippen molar-refractivity contribution in [3.63, 3.8) is 0 Å². The van der Waals surface area contributed by atoms with Crippen LogP contribution in [0.3, 0.4) is 0 Å². The smallest absolute Gasteiger partial charge is 0.355 e. The van der Waals surface area contributed by atoms with Gasteiger partial charge < -0.3 is 4.90 Å². The van der Waals surface area contributed by atoms with Gasteiger partial charge in [-0.25, -0.2) is 4.98 Å². The Balaban J connectivity index is 2.18. The normalized spacial score (nSPS) is 21.2. The van der Waals surface area contributed by atoms with Gasteiger partial charge in [0, 0.05) is 23.8 Å². The Labute approximate surface area is 120 Å². The fraction of sp³-hybridized carbons (Fsp3) is 0.545. The molecule has 1 aromatic heterocycles. The summed E-state index contributed by atoms with van der Waals surface area (Å²) in [6.07, 6.45) is -1.79. The third-order valence-electron chi connectivity index (χ3n) is 2.97. The Morgan fingerprint density at radius 2 is 2.06 bits per heavy atom. The van der Waals surface area contributed by atoms with Gasteiger partial charge in [0.2, 0.25) is 0 Å². The van der Waals surface area contributed by atoms with Crippen molar-refractivity contribution < 1.29 is 13.2 Å². The highest BCUT2D eigenvalue weighted by Crippen LogP contribution is 2.36. The third kappa shape index (κ3) is 3.17. The Kier molecular flexibility index (Phi) is 4.21. The maximum Gasteiger partial charge on any atom is 0.393 e. The second-order valence-corrected chi connectivity index (χ2v) is 6.06. The van der Waals surface area contributed by atoms with Gasteiger partial charge in [-0.1, -0.05) is 0 Å².